The molecule has 9 nitrogen and oxygen atoms in total. The molecular weight excluding hydrogens is 614 g/mol. The molecule has 2 atom stereocenters. The minimum absolute atomic E-state index is 0.0435. The summed E-state index contributed by atoms with van der Waals surface area (Å²) in [5.41, 5.74) is 7.48. The van der Waals surface area contributed by atoms with Crippen molar-refractivity contribution in [3.8, 4) is 22.4 Å². The first-order valence-electron chi connectivity index (χ1n) is 17.5. The molecule has 0 bridgehead atoms. The molecule has 2 amide bonds. The van der Waals surface area contributed by atoms with E-state index < -0.39 is 11.2 Å². The normalized spacial score (nSPS) is 19.8. The van der Waals surface area contributed by atoms with E-state index in [9.17, 15) is 9.59 Å². The van der Waals surface area contributed by atoms with Crippen LogP contribution in [0.5, 0.6) is 0 Å². The first-order chi connectivity index (χ1) is 23.3. The number of aromatic nitrogens is 2. The number of nitrogens with one attached hydrogen (secondary N) is 1. The highest BCUT2D eigenvalue weighted by molar-refractivity contribution is 6.04. The topological polar surface area (TPSA) is 100 Å². The smallest absolute Gasteiger partial charge is 0.410 e. The summed E-state index contributed by atoms with van der Waals surface area (Å²) in [6.45, 7) is 16.7. The van der Waals surface area contributed by atoms with Crippen molar-refractivity contribution in [3.05, 3.63) is 84.5 Å². The van der Waals surface area contributed by atoms with E-state index in [4.69, 9.17) is 14.5 Å². The second-order valence-electron chi connectivity index (χ2n) is 15.2. The fourth-order valence-corrected chi connectivity index (χ4v) is 6.93. The monoisotopic (exact) mass is 663 g/mol. The first kappa shape index (κ1) is 34.2. The summed E-state index contributed by atoms with van der Waals surface area (Å²) in [6.07, 6.45) is 8.17. The van der Waals surface area contributed by atoms with Crippen LogP contribution in [0.3, 0.4) is 0 Å². The number of imidazole rings is 1. The fourth-order valence-electron chi connectivity index (χ4n) is 6.93. The minimum Gasteiger partial charge on any atom is -0.444 e. The number of ether oxygens (including phenoxy) is 2. The molecule has 6 rings (SSSR count). The molecule has 0 unspecified atom stereocenters. The number of likely N-dealkylation sites (tertiary alicyclic amines) is 2. The van der Waals surface area contributed by atoms with E-state index >= 15 is 0 Å². The van der Waals surface area contributed by atoms with Crippen molar-refractivity contribution in [2.75, 3.05) is 13.1 Å². The molecule has 1 N–H and O–H groups in total. The van der Waals surface area contributed by atoms with Gasteiger partial charge >= 0.3 is 12.2 Å². The lowest BCUT2D eigenvalue weighted by atomic mass is 9.94. The number of hydrogen-bond donors (Lipinski definition) is 1. The molecule has 2 saturated heterocycles. The van der Waals surface area contributed by atoms with E-state index in [1.165, 1.54) is 5.57 Å². The maximum absolute atomic E-state index is 13.0. The zero-order valence-electron chi connectivity index (χ0n) is 29.7. The van der Waals surface area contributed by atoms with Crippen LogP contribution in [0.1, 0.15) is 97.5 Å². The van der Waals surface area contributed by atoms with Gasteiger partial charge in [-0.3, -0.25) is 14.8 Å². The van der Waals surface area contributed by atoms with Gasteiger partial charge in [0.15, 0.2) is 0 Å². The number of amides is 2. The highest BCUT2D eigenvalue weighted by Gasteiger charge is 2.38. The largest absolute Gasteiger partial charge is 0.444 e. The average molecular weight is 664 g/mol. The maximum atomic E-state index is 13.0. The maximum Gasteiger partial charge on any atom is 0.410 e. The third-order valence-corrected chi connectivity index (χ3v) is 9.14. The Kier molecular flexibility index (Phi) is 9.56. The van der Waals surface area contributed by atoms with Crippen LogP contribution in [0.4, 0.5) is 9.59 Å². The number of H-pyrrole nitrogens is 1. The van der Waals surface area contributed by atoms with Gasteiger partial charge in [0.25, 0.3) is 0 Å². The minimum atomic E-state index is -0.539. The fraction of sp³-hybridized carbons (Fsp3) is 0.450. The van der Waals surface area contributed by atoms with Gasteiger partial charge in [-0.05, 0) is 95.1 Å². The van der Waals surface area contributed by atoms with Crippen molar-refractivity contribution in [3.63, 3.8) is 0 Å². The Hall–Kier alpha value is -4.66. The molecule has 0 aliphatic carbocycles. The van der Waals surface area contributed by atoms with Crippen LogP contribution in [-0.4, -0.2) is 68.0 Å². The molecule has 0 saturated carbocycles. The summed E-state index contributed by atoms with van der Waals surface area (Å²) in [6, 6.07) is 16.9. The van der Waals surface area contributed by atoms with Crippen LogP contribution >= 0.6 is 0 Å². The molecular formula is C40H49N5O4. The standard InChI is InChI=1S/C40H49N5O4/c1-8-11-31-30(24-32(42-31)34-12-9-22-44(34)37(46)48-39(2,3)4)28-18-14-26(15-19-28)27-16-20-29(21-17-27)33-25-41-36(43-33)35-13-10-23-45(35)38(47)49-40(5,6)7/h8,14-21,25,34-35H,1,9-13,22-24H2,2-7H3,(H,41,43)/t34-,35-/m0/s1. The van der Waals surface area contributed by atoms with Crippen molar-refractivity contribution in [1.29, 1.82) is 0 Å². The molecule has 0 radical (unpaired) electrons. The van der Waals surface area contributed by atoms with Crippen LogP contribution in [0.2, 0.25) is 0 Å². The summed E-state index contributed by atoms with van der Waals surface area (Å²) in [7, 11) is 0. The second kappa shape index (κ2) is 13.7. The molecule has 2 fully saturated rings. The molecule has 3 aromatic rings. The van der Waals surface area contributed by atoms with Gasteiger partial charge in [0.05, 0.1) is 24.0 Å². The van der Waals surface area contributed by atoms with Crippen LogP contribution in [0.15, 0.2) is 78.1 Å². The Morgan fingerprint density at radius 3 is 1.88 bits per heavy atom. The van der Waals surface area contributed by atoms with E-state index in [2.05, 4.69) is 65.1 Å². The summed E-state index contributed by atoms with van der Waals surface area (Å²) < 4.78 is 11.4. The van der Waals surface area contributed by atoms with Crippen molar-refractivity contribution in [1.82, 2.24) is 19.8 Å². The van der Waals surface area contributed by atoms with E-state index in [1.807, 2.05) is 58.7 Å². The molecule has 258 valence electrons. The predicted octanol–water partition coefficient (Wildman–Crippen LogP) is 9.35. The quantitative estimate of drug-likeness (QED) is 0.254. The van der Waals surface area contributed by atoms with Crippen LogP contribution in [-0.2, 0) is 9.47 Å². The van der Waals surface area contributed by atoms with Gasteiger partial charge in [0.1, 0.15) is 17.0 Å². The molecule has 3 aliphatic heterocycles. The van der Waals surface area contributed by atoms with Crippen LogP contribution < -0.4 is 0 Å². The van der Waals surface area contributed by atoms with Crippen molar-refractivity contribution in [2.45, 2.75) is 103 Å². The Labute approximate surface area is 290 Å². The molecule has 1 aromatic heterocycles. The summed E-state index contributed by atoms with van der Waals surface area (Å²) >= 11 is 0. The zero-order valence-corrected chi connectivity index (χ0v) is 29.7. The Balaban J connectivity index is 1.13. The predicted molar refractivity (Wildman–Crippen MR) is 194 cm³/mol. The van der Waals surface area contributed by atoms with E-state index in [1.54, 1.807) is 4.90 Å². The SMILES string of the molecule is C=CCC1=C(c2ccc(-c3ccc(-c4cnc([C@@H]5CCCN5C(=O)OC(C)(C)C)[nH]4)cc3)cc2)CC([C@@H]2CCCN2C(=O)OC(C)(C)C)=N1. The van der Waals surface area contributed by atoms with Crippen LogP contribution in [0.25, 0.3) is 28.0 Å². The van der Waals surface area contributed by atoms with Gasteiger partial charge in [-0.2, -0.15) is 0 Å². The number of carbonyl (C=O) groups excluding carboxylic acids is 2. The Morgan fingerprint density at radius 1 is 0.816 bits per heavy atom. The van der Waals surface area contributed by atoms with Crippen LogP contribution in [0, 0.1) is 0 Å². The number of rotatable bonds is 7. The number of nitrogens with zero attached hydrogens (tertiary/aromatic N) is 4. The number of allylic oxidation sites excluding steroid dienone is 2. The molecule has 9 heteroatoms. The van der Waals surface area contributed by atoms with Gasteiger partial charge < -0.3 is 14.5 Å². The summed E-state index contributed by atoms with van der Waals surface area (Å²) in [4.78, 5) is 42.6. The van der Waals surface area contributed by atoms with Gasteiger partial charge in [0, 0.05) is 37.3 Å². The number of benzene rings is 2. The number of hydrogen-bond acceptors (Lipinski definition) is 6. The lowest BCUT2D eigenvalue weighted by molar-refractivity contribution is 0.0216. The highest BCUT2D eigenvalue weighted by atomic mass is 16.6. The zero-order chi connectivity index (χ0) is 34.9. The molecule has 49 heavy (non-hydrogen) atoms. The molecule has 0 spiro atoms. The van der Waals surface area contributed by atoms with E-state index in [0.29, 0.717) is 25.9 Å². The first-order valence-corrected chi connectivity index (χ1v) is 17.5. The average Bonchev–Trinajstić information content (AvgIpc) is 3.86. The lowest BCUT2D eigenvalue weighted by Gasteiger charge is -2.28. The third-order valence-electron chi connectivity index (χ3n) is 9.14. The Morgan fingerprint density at radius 2 is 1.33 bits per heavy atom. The van der Waals surface area contributed by atoms with E-state index in [0.717, 1.165) is 70.9 Å². The number of aliphatic imine (C=N–C) groups is 1. The van der Waals surface area contributed by atoms with Crippen molar-refractivity contribution < 1.29 is 19.1 Å². The van der Waals surface area contributed by atoms with Gasteiger partial charge in [-0.1, -0.05) is 54.6 Å². The summed E-state index contributed by atoms with van der Waals surface area (Å²) in [5.74, 6) is 0.785. The third kappa shape index (κ3) is 7.82. The highest BCUT2D eigenvalue weighted by Crippen LogP contribution is 2.37. The molecule has 2 aromatic carbocycles. The summed E-state index contributed by atoms with van der Waals surface area (Å²) in [5, 5.41) is 0. The molecule has 3 aliphatic rings. The second-order valence-corrected chi connectivity index (χ2v) is 15.2. The number of carbonyl (C=O) groups is 2. The van der Waals surface area contributed by atoms with Gasteiger partial charge in [-0.15, -0.1) is 6.58 Å². The van der Waals surface area contributed by atoms with Crippen molar-refractivity contribution in [2.24, 2.45) is 4.99 Å². The van der Waals surface area contributed by atoms with Gasteiger partial charge in [0.2, 0.25) is 0 Å². The van der Waals surface area contributed by atoms with Crippen molar-refractivity contribution >= 4 is 23.5 Å². The Bertz CT molecular complexity index is 1760. The molecule has 4 heterocycles. The van der Waals surface area contributed by atoms with Gasteiger partial charge in [-0.25, -0.2) is 14.6 Å². The number of aromatic amines is 1. The van der Waals surface area contributed by atoms with E-state index in [-0.39, 0.29) is 24.3 Å². The lowest BCUT2D eigenvalue weighted by Crippen LogP contribution is -2.43.